The summed E-state index contributed by atoms with van der Waals surface area (Å²) < 4.78 is 42.9. The van der Waals surface area contributed by atoms with Crippen LogP contribution >= 0.6 is 15.9 Å². The molecular weight excluding hydrogens is 585 g/mol. The average Bonchev–Trinajstić information content (AvgIpc) is 2.86. The maximum atomic E-state index is 13.9. The van der Waals surface area contributed by atoms with E-state index in [1.54, 1.807) is 31.2 Å². The van der Waals surface area contributed by atoms with E-state index in [1.807, 2.05) is 52.0 Å². The molecule has 3 aromatic carbocycles. The maximum Gasteiger partial charge on any atom is 0.264 e. The molecule has 0 aliphatic rings. The van der Waals surface area contributed by atoms with Gasteiger partial charge >= 0.3 is 0 Å². The van der Waals surface area contributed by atoms with Gasteiger partial charge in [0.25, 0.3) is 10.0 Å². The molecule has 7 nitrogen and oxygen atoms in total. The smallest absolute Gasteiger partial charge is 0.264 e. The van der Waals surface area contributed by atoms with Crippen LogP contribution in [0, 0.1) is 12.7 Å². The number of benzene rings is 3. The van der Waals surface area contributed by atoms with Crippen molar-refractivity contribution in [2.24, 2.45) is 0 Å². The summed E-state index contributed by atoms with van der Waals surface area (Å²) in [5, 5.41) is 2.89. The van der Waals surface area contributed by atoms with Crippen LogP contribution in [-0.4, -0.2) is 43.3 Å². The molecule has 39 heavy (non-hydrogen) atoms. The second-order valence-corrected chi connectivity index (χ2v) is 13.1. The number of hydrogen-bond acceptors (Lipinski definition) is 4. The highest BCUT2D eigenvalue weighted by molar-refractivity contribution is 9.10. The zero-order valence-electron chi connectivity index (χ0n) is 22.6. The summed E-state index contributed by atoms with van der Waals surface area (Å²) in [6.07, 6.45) is 0. The summed E-state index contributed by atoms with van der Waals surface area (Å²) in [7, 11) is -4.25. The van der Waals surface area contributed by atoms with E-state index in [0.717, 1.165) is 44.2 Å². The molecule has 0 aliphatic heterocycles. The van der Waals surface area contributed by atoms with Gasteiger partial charge in [0, 0.05) is 16.6 Å². The number of anilines is 1. The molecule has 10 heteroatoms. The van der Waals surface area contributed by atoms with Gasteiger partial charge in [-0.05, 0) is 88.7 Å². The van der Waals surface area contributed by atoms with Crippen molar-refractivity contribution in [3.63, 3.8) is 0 Å². The summed E-state index contributed by atoms with van der Waals surface area (Å²) in [6.45, 7) is 8.52. The first-order valence-corrected chi connectivity index (χ1v) is 14.6. The summed E-state index contributed by atoms with van der Waals surface area (Å²) in [6, 6.07) is 17.6. The number of carbonyl (C=O) groups excluding carboxylic acids is 2. The number of rotatable bonds is 9. The van der Waals surface area contributed by atoms with Gasteiger partial charge in [-0.2, -0.15) is 0 Å². The number of aryl methyl sites for hydroxylation is 1. The summed E-state index contributed by atoms with van der Waals surface area (Å²) in [5.41, 5.74) is 1.42. The Morgan fingerprint density at radius 1 is 0.949 bits per heavy atom. The number of hydrogen-bond donors (Lipinski definition) is 1. The summed E-state index contributed by atoms with van der Waals surface area (Å²) in [5.74, 6) is -1.51. The van der Waals surface area contributed by atoms with Gasteiger partial charge < -0.3 is 10.2 Å². The molecule has 0 fully saturated rings. The third-order valence-corrected chi connectivity index (χ3v) is 8.25. The topological polar surface area (TPSA) is 86.8 Å². The number of sulfonamides is 1. The zero-order valence-corrected chi connectivity index (χ0v) is 25.0. The highest BCUT2D eigenvalue weighted by atomic mass is 79.9. The van der Waals surface area contributed by atoms with Crippen molar-refractivity contribution in [3.05, 3.63) is 94.2 Å². The van der Waals surface area contributed by atoms with E-state index in [4.69, 9.17) is 0 Å². The van der Waals surface area contributed by atoms with Crippen LogP contribution < -0.4 is 9.62 Å². The average molecular weight is 619 g/mol. The quantitative estimate of drug-likeness (QED) is 0.347. The summed E-state index contributed by atoms with van der Waals surface area (Å²) in [4.78, 5) is 28.2. The van der Waals surface area contributed by atoms with Crippen molar-refractivity contribution < 1.29 is 22.4 Å². The van der Waals surface area contributed by atoms with Crippen LogP contribution in [0.2, 0.25) is 0 Å². The Hall–Kier alpha value is -3.24. The van der Waals surface area contributed by atoms with Gasteiger partial charge in [0.1, 0.15) is 18.4 Å². The van der Waals surface area contributed by atoms with Crippen molar-refractivity contribution in [1.29, 1.82) is 0 Å². The third kappa shape index (κ3) is 8.12. The maximum absolute atomic E-state index is 13.9. The van der Waals surface area contributed by atoms with Crippen molar-refractivity contribution in [2.45, 2.75) is 57.6 Å². The fourth-order valence-corrected chi connectivity index (χ4v) is 5.50. The minimum atomic E-state index is -4.25. The lowest BCUT2D eigenvalue weighted by molar-refractivity contribution is -0.140. The van der Waals surface area contributed by atoms with Gasteiger partial charge in [-0.1, -0.05) is 45.8 Å². The van der Waals surface area contributed by atoms with Crippen LogP contribution in [-0.2, 0) is 26.2 Å². The number of amides is 2. The van der Waals surface area contributed by atoms with E-state index in [9.17, 15) is 22.4 Å². The lowest BCUT2D eigenvalue weighted by Crippen LogP contribution is -2.54. The predicted molar refractivity (Wildman–Crippen MR) is 154 cm³/mol. The van der Waals surface area contributed by atoms with Crippen molar-refractivity contribution in [2.75, 3.05) is 10.8 Å². The van der Waals surface area contributed by atoms with Crippen LogP contribution in [0.5, 0.6) is 0 Å². The van der Waals surface area contributed by atoms with Crippen LogP contribution in [0.15, 0.2) is 82.2 Å². The first kappa shape index (κ1) is 30.3. The lowest BCUT2D eigenvalue weighted by atomic mass is 10.1. The lowest BCUT2D eigenvalue weighted by Gasteiger charge is -2.33. The number of nitrogens with zero attached hydrogens (tertiary/aromatic N) is 2. The first-order chi connectivity index (χ1) is 18.2. The van der Waals surface area contributed by atoms with Gasteiger partial charge in [0.2, 0.25) is 11.8 Å². The minimum absolute atomic E-state index is 0.0865. The zero-order chi connectivity index (χ0) is 29.0. The number of carbonyl (C=O) groups is 2. The Morgan fingerprint density at radius 3 is 2.05 bits per heavy atom. The molecule has 0 saturated carbocycles. The van der Waals surface area contributed by atoms with Gasteiger partial charge in [0.05, 0.1) is 10.6 Å². The largest absolute Gasteiger partial charge is 0.350 e. The molecule has 3 rings (SSSR count). The van der Waals surface area contributed by atoms with E-state index in [1.165, 1.54) is 4.90 Å². The fourth-order valence-electron chi connectivity index (χ4n) is 3.82. The second kappa shape index (κ2) is 12.3. The molecule has 1 unspecified atom stereocenters. The molecule has 0 spiro atoms. The Balaban J connectivity index is 2.02. The molecule has 0 bridgehead atoms. The molecule has 0 heterocycles. The number of halogens is 2. The van der Waals surface area contributed by atoms with E-state index in [0.29, 0.717) is 0 Å². The van der Waals surface area contributed by atoms with Gasteiger partial charge in [-0.3, -0.25) is 13.9 Å². The minimum Gasteiger partial charge on any atom is -0.350 e. The molecule has 3 aromatic rings. The van der Waals surface area contributed by atoms with E-state index >= 15 is 0 Å². The van der Waals surface area contributed by atoms with Crippen molar-refractivity contribution in [3.8, 4) is 0 Å². The molecule has 0 radical (unpaired) electrons. The Morgan fingerprint density at radius 2 is 1.51 bits per heavy atom. The van der Waals surface area contributed by atoms with Crippen LogP contribution in [0.4, 0.5) is 10.1 Å². The highest BCUT2D eigenvalue weighted by Gasteiger charge is 2.33. The van der Waals surface area contributed by atoms with Gasteiger partial charge in [0.15, 0.2) is 0 Å². The van der Waals surface area contributed by atoms with Gasteiger partial charge in [-0.25, -0.2) is 12.8 Å². The SMILES string of the molecule is Cc1ccc(N(CC(=O)N(Cc2ccc(Br)cc2)C(C)C(=O)NC(C)(C)C)S(=O)(=O)c2ccc(F)cc2)cc1. The van der Waals surface area contributed by atoms with Crippen molar-refractivity contribution >= 4 is 43.5 Å². The monoisotopic (exact) mass is 617 g/mol. The molecule has 0 aromatic heterocycles. The van der Waals surface area contributed by atoms with Crippen molar-refractivity contribution in [1.82, 2.24) is 10.2 Å². The fraction of sp³-hybridized carbons (Fsp3) is 0.310. The van der Waals surface area contributed by atoms with Gasteiger partial charge in [-0.15, -0.1) is 0 Å². The number of nitrogens with one attached hydrogen (secondary N) is 1. The highest BCUT2D eigenvalue weighted by Crippen LogP contribution is 2.25. The first-order valence-electron chi connectivity index (χ1n) is 12.4. The molecule has 1 N–H and O–H groups in total. The predicted octanol–water partition coefficient (Wildman–Crippen LogP) is 5.42. The molecular formula is C29H33BrFN3O4S. The summed E-state index contributed by atoms with van der Waals surface area (Å²) >= 11 is 3.40. The molecule has 1 atom stereocenters. The third-order valence-electron chi connectivity index (χ3n) is 5.93. The van der Waals surface area contributed by atoms with E-state index in [2.05, 4.69) is 21.2 Å². The van der Waals surface area contributed by atoms with Crippen LogP contribution in [0.25, 0.3) is 0 Å². The molecule has 0 aliphatic carbocycles. The molecule has 0 saturated heterocycles. The normalized spacial score (nSPS) is 12.5. The Labute approximate surface area is 238 Å². The van der Waals surface area contributed by atoms with E-state index in [-0.39, 0.29) is 23.0 Å². The second-order valence-electron chi connectivity index (χ2n) is 10.4. The van der Waals surface area contributed by atoms with Crippen LogP contribution in [0.1, 0.15) is 38.8 Å². The molecule has 208 valence electrons. The Bertz CT molecular complexity index is 1400. The van der Waals surface area contributed by atoms with Crippen LogP contribution in [0.3, 0.4) is 0 Å². The van der Waals surface area contributed by atoms with E-state index < -0.39 is 39.9 Å². The standard InChI is InChI=1S/C29H33BrFN3O4S/c1-20-6-14-25(15-7-20)34(39(37,38)26-16-12-24(31)13-17-26)19-27(35)33(18-22-8-10-23(30)11-9-22)21(2)28(36)32-29(3,4)5/h6-17,21H,18-19H2,1-5H3,(H,32,36). The Kier molecular flexibility index (Phi) is 9.55. The molecule has 2 amide bonds.